The summed E-state index contributed by atoms with van der Waals surface area (Å²) in [5, 5.41) is 0. The topological polar surface area (TPSA) is 26.0 Å². The minimum Gasteiger partial charge on any atom is -0.330 e. The van der Waals surface area contributed by atoms with Crippen LogP contribution in [0.25, 0.3) is 0 Å². The molecule has 0 bridgehead atoms. The minimum absolute atomic E-state index is 0.590. The van der Waals surface area contributed by atoms with E-state index in [1.54, 1.807) is 0 Å². The first-order chi connectivity index (χ1) is 11.3. The average molecular weight is 338 g/mol. The molecule has 2 atom stereocenters. The smallest absolute Gasteiger partial charge is 0.0251 e. The molecule has 0 saturated heterocycles. The molecular formula is C21H36ClN. The number of nitrogens with two attached hydrogens (primary N) is 1. The quantitative estimate of drug-likeness (QED) is 0.318. The zero-order chi connectivity index (χ0) is 16.8. The number of rotatable bonds is 14. The molecule has 1 nitrogen and oxygen atoms in total. The summed E-state index contributed by atoms with van der Waals surface area (Å²) < 4.78 is 0. The summed E-state index contributed by atoms with van der Waals surface area (Å²) in [5.41, 5.74) is 7.39. The molecule has 2 N–H and O–H groups in total. The summed E-state index contributed by atoms with van der Waals surface area (Å²) in [6.45, 7) is 3.05. The number of alkyl halides is 1. The van der Waals surface area contributed by atoms with Crippen LogP contribution < -0.4 is 5.73 Å². The maximum atomic E-state index is 6.19. The highest BCUT2D eigenvalue weighted by Crippen LogP contribution is 2.22. The van der Waals surface area contributed by atoms with Gasteiger partial charge in [0.05, 0.1) is 0 Å². The molecule has 1 aromatic rings. The van der Waals surface area contributed by atoms with Crippen LogP contribution in [0.3, 0.4) is 0 Å². The number of hydrogen-bond acceptors (Lipinski definition) is 1. The Morgan fingerprint density at radius 3 is 2.17 bits per heavy atom. The monoisotopic (exact) mass is 337 g/mol. The van der Waals surface area contributed by atoms with E-state index in [0.29, 0.717) is 11.8 Å². The van der Waals surface area contributed by atoms with E-state index in [1.807, 2.05) is 0 Å². The second kappa shape index (κ2) is 13.9. The zero-order valence-electron chi connectivity index (χ0n) is 15.0. The fourth-order valence-corrected chi connectivity index (χ4v) is 3.54. The van der Waals surface area contributed by atoms with Crippen LogP contribution in [-0.4, -0.2) is 12.4 Å². The Balaban J connectivity index is 2.20. The van der Waals surface area contributed by atoms with Gasteiger partial charge in [0.15, 0.2) is 0 Å². The van der Waals surface area contributed by atoms with Crippen molar-refractivity contribution < 1.29 is 0 Å². The molecule has 0 amide bonds. The van der Waals surface area contributed by atoms with Gasteiger partial charge >= 0.3 is 0 Å². The van der Waals surface area contributed by atoms with E-state index in [1.165, 1.54) is 63.4 Å². The predicted molar refractivity (Wildman–Crippen MR) is 104 cm³/mol. The van der Waals surface area contributed by atoms with Gasteiger partial charge in [-0.25, -0.2) is 0 Å². The van der Waals surface area contributed by atoms with Crippen molar-refractivity contribution in [3.63, 3.8) is 0 Å². The normalized spacial score (nSPS) is 13.9. The third-order valence-corrected chi connectivity index (χ3v) is 5.30. The third kappa shape index (κ3) is 10.0. The molecule has 23 heavy (non-hydrogen) atoms. The number of unbranched alkanes of at least 4 members (excludes halogenated alkanes) is 5. The molecule has 0 aliphatic carbocycles. The molecule has 0 saturated carbocycles. The van der Waals surface area contributed by atoms with E-state index >= 15 is 0 Å². The maximum absolute atomic E-state index is 6.19. The van der Waals surface area contributed by atoms with Crippen LogP contribution in [-0.2, 0) is 6.42 Å². The molecule has 0 aliphatic heterocycles. The van der Waals surface area contributed by atoms with Crippen LogP contribution in [0.15, 0.2) is 30.3 Å². The highest BCUT2D eigenvalue weighted by molar-refractivity contribution is 6.18. The van der Waals surface area contributed by atoms with Gasteiger partial charge in [-0.1, -0.05) is 75.8 Å². The highest BCUT2D eigenvalue weighted by Gasteiger charge is 2.13. The molecule has 132 valence electrons. The molecule has 2 heteroatoms. The van der Waals surface area contributed by atoms with Crippen LogP contribution in [0.1, 0.15) is 70.3 Å². The molecule has 1 rings (SSSR count). The van der Waals surface area contributed by atoms with Gasteiger partial charge in [-0.15, -0.1) is 11.6 Å². The van der Waals surface area contributed by atoms with E-state index in [2.05, 4.69) is 37.3 Å². The highest BCUT2D eigenvalue weighted by atomic mass is 35.5. The molecule has 0 radical (unpaired) electrons. The van der Waals surface area contributed by atoms with E-state index in [9.17, 15) is 0 Å². The molecular weight excluding hydrogens is 302 g/mol. The number of halogens is 1. The van der Waals surface area contributed by atoms with E-state index in [0.717, 1.165) is 18.8 Å². The van der Waals surface area contributed by atoms with Gasteiger partial charge < -0.3 is 5.73 Å². The van der Waals surface area contributed by atoms with Crippen LogP contribution in [0.4, 0.5) is 0 Å². The Labute approximate surface area is 149 Å². The van der Waals surface area contributed by atoms with Gasteiger partial charge in [0, 0.05) is 5.88 Å². The molecule has 0 aliphatic rings. The standard InChI is InChI=1S/C21H36ClN/c1-2-3-4-5-6-8-13-20(17-22)14-15-21(18-23)16-19-11-9-7-10-12-19/h7,9-12,20-21H,2-6,8,13-18,23H2,1H3. The van der Waals surface area contributed by atoms with Gasteiger partial charge in [0.2, 0.25) is 0 Å². The van der Waals surface area contributed by atoms with Crippen molar-refractivity contribution >= 4 is 11.6 Å². The molecule has 2 unspecified atom stereocenters. The van der Waals surface area contributed by atoms with Gasteiger partial charge in [0.25, 0.3) is 0 Å². The van der Waals surface area contributed by atoms with Gasteiger partial charge in [-0.3, -0.25) is 0 Å². The van der Waals surface area contributed by atoms with Crippen LogP contribution >= 0.6 is 11.6 Å². The van der Waals surface area contributed by atoms with Crippen molar-refractivity contribution in [2.75, 3.05) is 12.4 Å². The lowest BCUT2D eigenvalue weighted by Gasteiger charge is -2.19. The second-order valence-corrected chi connectivity index (χ2v) is 7.25. The third-order valence-electron chi connectivity index (χ3n) is 4.87. The second-order valence-electron chi connectivity index (χ2n) is 6.95. The zero-order valence-corrected chi connectivity index (χ0v) is 15.7. The summed E-state index contributed by atoms with van der Waals surface area (Å²) in [6, 6.07) is 10.7. The van der Waals surface area contributed by atoms with E-state index < -0.39 is 0 Å². The summed E-state index contributed by atoms with van der Waals surface area (Å²) in [5.74, 6) is 2.07. The maximum Gasteiger partial charge on any atom is 0.0251 e. The van der Waals surface area contributed by atoms with E-state index in [-0.39, 0.29) is 0 Å². The van der Waals surface area contributed by atoms with Crippen molar-refractivity contribution in [1.29, 1.82) is 0 Å². The van der Waals surface area contributed by atoms with Crippen molar-refractivity contribution in [2.45, 2.75) is 71.1 Å². The van der Waals surface area contributed by atoms with Crippen molar-refractivity contribution in [3.05, 3.63) is 35.9 Å². The molecule has 0 fully saturated rings. The van der Waals surface area contributed by atoms with Crippen molar-refractivity contribution in [2.24, 2.45) is 17.6 Å². The molecule has 0 aromatic heterocycles. The Morgan fingerprint density at radius 2 is 1.52 bits per heavy atom. The lowest BCUT2D eigenvalue weighted by molar-refractivity contribution is 0.389. The first kappa shape index (κ1) is 20.5. The van der Waals surface area contributed by atoms with Crippen LogP contribution in [0.2, 0.25) is 0 Å². The lowest BCUT2D eigenvalue weighted by atomic mass is 9.89. The summed E-state index contributed by atoms with van der Waals surface area (Å²) in [7, 11) is 0. The average Bonchev–Trinajstić information content (AvgIpc) is 2.60. The summed E-state index contributed by atoms with van der Waals surface area (Å²) in [4.78, 5) is 0. The van der Waals surface area contributed by atoms with Crippen molar-refractivity contribution in [3.8, 4) is 0 Å². The first-order valence-electron chi connectivity index (χ1n) is 9.60. The first-order valence-corrected chi connectivity index (χ1v) is 10.1. The predicted octanol–water partition coefficient (Wildman–Crippen LogP) is 6.19. The minimum atomic E-state index is 0.590. The largest absolute Gasteiger partial charge is 0.330 e. The van der Waals surface area contributed by atoms with Gasteiger partial charge in [-0.05, 0) is 49.6 Å². The number of hydrogen-bond donors (Lipinski definition) is 1. The fourth-order valence-electron chi connectivity index (χ4n) is 3.23. The molecule has 0 heterocycles. The van der Waals surface area contributed by atoms with E-state index in [4.69, 9.17) is 17.3 Å². The summed E-state index contributed by atoms with van der Waals surface area (Å²) in [6.07, 6.45) is 13.0. The fraction of sp³-hybridized carbons (Fsp3) is 0.714. The van der Waals surface area contributed by atoms with Crippen LogP contribution in [0, 0.1) is 11.8 Å². The Kier molecular flexibility index (Phi) is 12.4. The molecule has 0 spiro atoms. The summed E-state index contributed by atoms with van der Waals surface area (Å²) >= 11 is 6.19. The van der Waals surface area contributed by atoms with Crippen LogP contribution in [0.5, 0.6) is 0 Å². The Bertz CT molecular complexity index is 365. The Morgan fingerprint density at radius 1 is 0.870 bits per heavy atom. The Hall–Kier alpha value is -0.530. The molecule has 1 aromatic carbocycles. The lowest BCUT2D eigenvalue weighted by Crippen LogP contribution is -2.18. The van der Waals surface area contributed by atoms with Crippen molar-refractivity contribution in [1.82, 2.24) is 0 Å². The van der Waals surface area contributed by atoms with Gasteiger partial charge in [-0.2, -0.15) is 0 Å². The number of benzene rings is 1. The van der Waals surface area contributed by atoms with Gasteiger partial charge in [0.1, 0.15) is 0 Å². The SMILES string of the molecule is CCCCCCCCC(CCl)CCC(CN)Cc1ccccc1.